The van der Waals surface area contributed by atoms with Gasteiger partial charge in [0.25, 0.3) is 0 Å². The molecule has 2 saturated heterocycles. The summed E-state index contributed by atoms with van der Waals surface area (Å²) in [5, 5.41) is 0. The van der Waals surface area contributed by atoms with Crippen molar-refractivity contribution in [1.82, 2.24) is 0 Å². The normalized spacial score (nSPS) is 18.0. The zero-order valence-electron chi connectivity index (χ0n) is 24.0. The van der Waals surface area contributed by atoms with Crippen LogP contribution in [0.3, 0.4) is 0 Å². The molecule has 4 aromatic rings. The molecule has 4 aromatic carbocycles. The van der Waals surface area contributed by atoms with Crippen LogP contribution in [-0.2, 0) is 9.47 Å². The Balaban J connectivity index is 0.911. The zero-order chi connectivity index (χ0) is 29.3. The summed E-state index contributed by atoms with van der Waals surface area (Å²) in [6, 6.07) is 31.1. The Bertz CT molecular complexity index is 1490. The molecule has 0 radical (unpaired) electrons. The maximum atomic E-state index is 6.03. The summed E-state index contributed by atoms with van der Waals surface area (Å²) in [4.78, 5) is 9.09. The Morgan fingerprint density at radius 1 is 0.605 bits per heavy atom. The van der Waals surface area contributed by atoms with E-state index in [9.17, 15) is 0 Å². The predicted molar refractivity (Wildman–Crippen MR) is 166 cm³/mol. The first-order valence-corrected chi connectivity index (χ1v) is 14.4. The van der Waals surface area contributed by atoms with Crippen LogP contribution in [-0.4, -0.2) is 63.8 Å². The van der Waals surface area contributed by atoms with Gasteiger partial charge in [0.2, 0.25) is 0 Å². The molecule has 0 N–H and O–H groups in total. The number of hydrogen-bond acceptors (Lipinski definition) is 8. The Labute approximate surface area is 251 Å². The van der Waals surface area contributed by atoms with Crippen molar-refractivity contribution in [2.75, 3.05) is 33.0 Å². The van der Waals surface area contributed by atoms with E-state index >= 15 is 0 Å². The standard InChI is InChI=1S/C35H34N2O6/c1-25(43-33-12-4-27(5-13-33)19-37-29-8-16-32(17-9-29)40-22-35-24-42-35)20-38-30-10-2-26(3-11-30)18-36-28-6-14-31(15-7-28)39-21-34-23-41-34/h2-19,25,34-35H,20-24H2,1H3. The Kier molecular flexibility index (Phi) is 9.27. The van der Waals surface area contributed by atoms with Gasteiger partial charge in [0, 0.05) is 12.4 Å². The Morgan fingerprint density at radius 2 is 1.00 bits per heavy atom. The molecule has 0 aliphatic carbocycles. The number of rotatable bonds is 15. The summed E-state index contributed by atoms with van der Waals surface area (Å²) >= 11 is 0. The maximum Gasteiger partial charge on any atom is 0.130 e. The second-order valence-electron chi connectivity index (χ2n) is 10.4. The van der Waals surface area contributed by atoms with Gasteiger partial charge in [0.05, 0.1) is 24.6 Å². The molecule has 220 valence electrons. The fraction of sp³-hybridized carbons (Fsp3) is 0.257. The van der Waals surface area contributed by atoms with Gasteiger partial charge in [-0.1, -0.05) is 0 Å². The molecule has 43 heavy (non-hydrogen) atoms. The molecule has 6 rings (SSSR count). The van der Waals surface area contributed by atoms with Crippen molar-refractivity contribution in [2.45, 2.75) is 25.2 Å². The van der Waals surface area contributed by atoms with Crippen LogP contribution >= 0.6 is 0 Å². The summed E-state index contributed by atoms with van der Waals surface area (Å²) in [5.41, 5.74) is 3.68. The van der Waals surface area contributed by atoms with Crippen molar-refractivity contribution in [3.8, 4) is 23.0 Å². The van der Waals surface area contributed by atoms with Crippen LogP contribution in [0.15, 0.2) is 107 Å². The third kappa shape index (κ3) is 9.43. The maximum absolute atomic E-state index is 6.03. The zero-order valence-corrected chi connectivity index (χ0v) is 24.0. The highest BCUT2D eigenvalue weighted by atomic mass is 16.6. The molecule has 0 amide bonds. The van der Waals surface area contributed by atoms with Crippen molar-refractivity contribution in [3.63, 3.8) is 0 Å². The Hall–Kier alpha value is -4.66. The molecule has 0 spiro atoms. The third-order valence-corrected chi connectivity index (χ3v) is 6.66. The lowest BCUT2D eigenvalue weighted by atomic mass is 10.2. The molecule has 8 heteroatoms. The van der Waals surface area contributed by atoms with Crippen LogP contribution in [0.1, 0.15) is 18.1 Å². The summed E-state index contributed by atoms with van der Waals surface area (Å²) in [5.74, 6) is 3.19. The van der Waals surface area contributed by atoms with Crippen molar-refractivity contribution < 1.29 is 28.4 Å². The van der Waals surface area contributed by atoms with Crippen LogP contribution < -0.4 is 18.9 Å². The lowest BCUT2D eigenvalue weighted by molar-refractivity contribution is 0.143. The molecule has 0 saturated carbocycles. The highest BCUT2D eigenvalue weighted by Crippen LogP contribution is 2.22. The average molecular weight is 579 g/mol. The first-order valence-electron chi connectivity index (χ1n) is 14.4. The molecule has 2 fully saturated rings. The van der Waals surface area contributed by atoms with E-state index in [-0.39, 0.29) is 18.3 Å². The lowest BCUT2D eigenvalue weighted by Crippen LogP contribution is -2.21. The molecule has 2 aliphatic rings. The molecule has 2 heterocycles. The van der Waals surface area contributed by atoms with Gasteiger partial charge in [-0.2, -0.15) is 0 Å². The van der Waals surface area contributed by atoms with E-state index in [0.29, 0.717) is 19.8 Å². The van der Waals surface area contributed by atoms with Crippen molar-refractivity contribution in [2.24, 2.45) is 9.98 Å². The minimum Gasteiger partial charge on any atom is -0.491 e. The fourth-order valence-electron chi connectivity index (χ4n) is 4.02. The monoisotopic (exact) mass is 578 g/mol. The molecule has 8 nitrogen and oxygen atoms in total. The number of epoxide rings is 2. The Morgan fingerprint density at radius 3 is 1.44 bits per heavy atom. The van der Waals surface area contributed by atoms with E-state index in [1.165, 1.54) is 0 Å². The summed E-state index contributed by atoms with van der Waals surface area (Å²) < 4.78 is 33.6. The molecule has 0 aromatic heterocycles. The van der Waals surface area contributed by atoms with Crippen molar-refractivity contribution >= 4 is 23.8 Å². The van der Waals surface area contributed by atoms with Crippen LogP contribution in [0.5, 0.6) is 23.0 Å². The molecule has 3 atom stereocenters. The quantitative estimate of drug-likeness (QED) is 0.117. The fourth-order valence-corrected chi connectivity index (χ4v) is 4.02. The molecule has 0 bridgehead atoms. The van der Waals surface area contributed by atoms with Gasteiger partial charge < -0.3 is 28.4 Å². The first kappa shape index (κ1) is 28.5. The van der Waals surface area contributed by atoms with E-state index in [1.54, 1.807) is 0 Å². The second-order valence-corrected chi connectivity index (χ2v) is 10.4. The number of aliphatic imine (C=N–C) groups is 2. The molecule has 2 aliphatic heterocycles. The number of nitrogens with zero attached hydrogens (tertiary/aromatic N) is 2. The van der Waals surface area contributed by atoms with Crippen molar-refractivity contribution in [1.29, 1.82) is 0 Å². The lowest BCUT2D eigenvalue weighted by Gasteiger charge is -2.16. The van der Waals surface area contributed by atoms with E-state index in [1.807, 2.05) is 116 Å². The highest BCUT2D eigenvalue weighted by Gasteiger charge is 2.23. The van der Waals surface area contributed by atoms with Gasteiger partial charge in [-0.15, -0.1) is 0 Å². The van der Waals surface area contributed by atoms with Gasteiger partial charge in [0.1, 0.15) is 61.1 Å². The SMILES string of the molecule is CC(COc1ccc(C=Nc2ccc(OCC3CO3)cc2)cc1)Oc1ccc(C=Nc2ccc(OCC3CO3)cc2)cc1. The van der Waals surface area contributed by atoms with Crippen LogP contribution in [0.4, 0.5) is 11.4 Å². The predicted octanol–water partition coefficient (Wildman–Crippen LogP) is 6.59. The average Bonchev–Trinajstić information content (AvgIpc) is 3.98. The van der Waals surface area contributed by atoms with Gasteiger partial charge in [-0.05, 0) is 115 Å². The third-order valence-electron chi connectivity index (χ3n) is 6.66. The topological polar surface area (TPSA) is 86.7 Å². The largest absolute Gasteiger partial charge is 0.491 e. The van der Waals surface area contributed by atoms with Crippen LogP contribution in [0.25, 0.3) is 0 Å². The minimum atomic E-state index is -0.128. The van der Waals surface area contributed by atoms with Crippen molar-refractivity contribution in [3.05, 3.63) is 108 Å². The summed E-state index contributed by atoms with van der Waals surface area (Å²) in [6.07, 6.45) is 4.02. The number of benzene rings is 4. The van der Waals surface area contributed by atoms with E-state index in [4.69, 9.17) is 28.4 Å². The van der Waals surface area contributed by atoms with E-state index in [0.717, 1.165) is 58.7 Å². The molecule has 3 unspecified atom stereocenters. The van der Waals surface area contributed by atoms with Crippen LogP contribution in [0.2, 0.25) is 0 Å². The molecular weight excluding hydrogens is 544 g/mol. The number of hydrogen-bond donors (Lipinski definition) is 0. The van der Waals surface area contributed by atoms with Gasteiger partial charge in [-0.25, -0.2) is 0 Å². The van der Waals surface area contributed by atoms with Gasteiger partial charge >= 0.3 is 0 Å². The van der Waals surface area contributed by atoms with Gasteiger partial charge in [0.15, 0.2) is 0 Å². The second kappa shape index (κ2) is 14.0. The number of ether oxygens (including phenoxy) is 6. The summed E-state index contributed by atoms with van der Waals surface area (Å²) in [7, 11) is 0. The summed E-state index contributed by atoms with van der Waals surface area (Å²) in [6.45, 7) is 5.17. The highest BCUT2D eigenvalue weighted by molar-refractivity contribution is 5.82. The van der Waals surface area contributed by atoms with E-state index in [2.05, 4.69) is 9.98 Å². The van der Waals surface area contributed by atoms with Crippen LogP contribution in [0, 0.1) is 0 Å². The first-order chi connectivity index (χ1) is 21.1. The smallest absolute Gasteiger partial charge is 0.130 e. The minimum absolute atomic E-state index is 0.128. The van der Waals surface area contributed by atoms with E-state index < -0.39 is 0 Å². The van der Waals surface area contributed by atoms with Gasteiger partial charge in [-0.3, -0.25) is 9.98 Å². The molecular formula is C35H34N2O6.